The van der Waals surface area contributed by atoms with Crippen molar-refractivity contribution in [1.82, 2.24) is 0 Å². The molecule has 0 atom stereocenters. The summed E-state index contributed by atoms with van der Waals surface area (Å²) in [4.78, 5) is 0.932. The van der Waals surface area contributed by atoms with Gasteiger partial charge in [-0.05, 0) is 48.4 Å². The van der Waals surface area contributed by atoms with E-state index in [0.29, 0.717) is 11.3 Å². The van der Waals surface area contributed by atoms with Crippen LogP contribution in [0.4, 0.5) is 13.2 Å². The van der Waals surface area contributed by atoms with Crippen LogP contribution in [0.25, 0.3) is 0 Å². The molecule has 0 fully saturated rings. The molecule has 0 aliphatic rings. The van der Waals surface area contributed by atoms with Gasteiger partial charge in [-0.1, -0.05) is 12.1 Å². The van der Waals surface area contributed by atoms with Gasteiger partial charge in [0, 0.05) is 10.6 Å². The van der Waals surface area contributed by atoms with E-state index in [4.69, 9.17) is 0 Å². The van der Waals surface area contributed by atoms with E-state index in [0.717, 1.165) is 22.6 Å². The highest BCUT2D eigenvalue weighted by molar-refractivity contribution is 7.98. The maximum absolute atomic E-state index is 12.4. The van der Waals surface area contributed by atoms with E-state index >= 15 is 0 Å². The van der Waals surface area contributed by atoms with Crippen LogP contribution in [0, 0.1) is 6.92 Å². The molecular weight excluding hydrogens is 285 g/mol. The fourth-order valence-electron chi connectivity index (χ4n) is 1.67. The molecule has 0 aliphatic heterocycles. The van der Waals surface area contributed by atoms with Crippen LogP contribution in [-0.2, 0) is 17.0 Å². The van der Waals surface area contributed by atoms with Crippen LogP contribution in [0.1, 0.15) is 16.7 Å². The van der Waals surface area contributed by atoms with E-state index < -0.39 is 11.7 Å². The summed E-state index contributed by atoms with van der Waals surface area (Å²) < 4.78 is 37.3. The maximum atomic E-state index is 12.4. The fraction of sp³-hybridized carbons (Fsp3) is 0.200. The van der Waals surface area contributed by atoms with Crippen molar-refractivity contribution in [2.45, 2.75) is 23.7 Å². The van der Waals surface area contributed by atoms with Crippen molar-refractivity contribution in [3.05, 3.63) is 59.2 Å². The van der Waals surface area contributed by atoms with Gasteiger partial charge in [0.25, 0.3) is 0 Å². The molecule has 2 aromatic rings. The lowest BCUT2D eigenvalue weighted by atomic mass is 10.1. The summed E-state index contributed by atoms with van der Waals surface area (Å²) in [5, 5.41) is 11.3. The first-order valence-corrected chi connectivity index (χ1v) is 6.91. The predicted molar refractivity (Wildman–Crippen MR) is 72.3 cm³/mol. The quantitative estimate of drug-likeness (QED) is 0.690. The Hall–Kier alpha value is -1.62. The summed E-state index contributed by atoms with van der Waals surface area (Å²) in [6, 6.07) is 10.1. The van der Waals surface area contributed by atoms with Gasteiger partial charge in [0.2, 0.25) is 0 Å². The van der Waals surface area contributed by atoms with E-state index in [2.05, 4.69) is 0 Å². The van der Waals surface area contributed by atoms with Crippen LogP contribution in [0.3, 0.4) is 0 Å². The summed E-state index contributed by atoms with van der Waals surface area (Å²) in [7, 11) is 0. The molecule has 0 unspecified atom stereocenters. The molecule has 105 valence electrons. The standard InChI is InChI=1S/C15H12F3OS/c1-10-8-13(6-7-14(10)19)20-9-11-2-4-12(5-3-11)15(16,17)18/h2-8H,9H2,1H3. The SMILES string of the molecule is Cc1cc(SCc2ccc(C(F)(F)F)cc2)ccc1[O]. The molecule has 5 heteroatoms. The number of hydrogen-bond donors (Lipinski definition) is 0. The number of halogens is 3. The predicted octanol–water partition coefficient (Wildman–Crippen LogP) is 5.45. The molecule has 1 nitrogen and oxygen atoms in total. The second kappa shape index (κ2) is 5.79. The highest BCUT2D eigenvalue weighted by Crippen LogP contribution is 2.31. The van der Waals surface area contributed by atoms with Gasteiger partial charge in [0.15, 0.2) is 5.75 Å². The molecule has 0 amide bonds. The van der Waals surface area contributed by atoms with E-state index in [-0.39, 0.29) is 5.75 Å². The lowest BCUT2D eigenvalue weighted by Crippen LogP contribution is -2.04. The number of aryl methyl sites for hydroxylation is 1. The van der Waals surface area contributed by atoms with Crippen LogP contribution in [0.2, 0.25) is 0 Å². The van der Waals surface area contributed by atoms with Gasteiger partial charge in [0.05, 0.1) is 5.56 Å². The lowest BCUT2D eigenvalue weighted by Gasteiger charge is -2.08. The highest BCUT2D eigenvalue weighted by Gasteiger charge is 2.29. The normalized spacial score (nSPS) is 11.6. The second-order valence-electron chi connectivity index (χ2n) is 4.41. The molecule has 0 spiro atoms. The van der Waals surface area contributed by atoms with Crippen LogP contribution >= 0.6 is 11.8 Å². The molecule has 0 aromatic heterocycles. The average molecular weight is 297 g/mol. The zero-order valence-electron chi connectivity index (χ0n) is 10.7. The number of hydrogen-bond acceptors (Lipinski definition) is 1. The van der Waals surface area contributed by atoms with Gasteiger partial charge >= 0.3 is 6.18 Å². The number of alkyl halides is 3. The summed E-state index contributed by atoms with van der Waals surface area (Å²) >= 11 is 1.49. The first-order valence-electron chi connectivity index (χ1n) is 5.93. The summed E-state index contributed by atoms with van der Waals surface area (Å²) in [5.41, 5.74) is 0.840. The molecular formula is C15H12F3OS. The van der Waals surface area contributed by atoms with Crippen molar-refractivity contribution in [3.63, 3.8) is 0 Å². The lowest BCUT2D eigenvalue weighted by molar-refractivity contribution is -0.137. The Bertz CT molecular complexity index is 591. The van der Waals surface area contributed by atoms with Crippen molar-refractivity contribution < 1.29 is 18.3 Å². The van der Waals surface area contributed by atoms with Crippen LogP contribution < -0.4 is 0 Å². The van der Waals surface area contributed by atoms with Gasteiger partial charge in [-0.15, -0.1) is 11.8 Å². The smallest absolute Gasteiger partial charge is 0.290 e. The molecule has 2 rings (SSSR count). The Labute approximate surface area is 119 Å². The first kappa shape index (κ1) is 14.8. The van der Waals surface area contributed by atoms with Crippen LogP contribution in [0.5, 0.6) is 5.75 Å². The summed E-state index contributed by atoms with van der Waals surface area (Å²) in [6.45, 7) is 1.74. The van der Waals surface area contributed by atoms with E-state index in [1.54, 1.807) is 19.1 Å². The molecule has 0 N–H and O–H groups in total. The molecule has 0 saturated heterocycles. The highest BCUT2D eigenvalue weighted by atomic mass is 32.2. The Morgan fingerprint density at radius 3 is 2.25 bits per heavy atom. The van der Waals surface area contributed by atoms with Crippen molar-refractivity contribution in [3.8, 4) is 5.75 Å². The second-order valence-corrected chi connectivity index (χ2v) is 5.46. The van der Waals surface area contributed by atoms with Gasteiger partial charge < -0.3 is 0 Å². The molecule has 1 radical (unpaired) electrons. The zero-order chi connectivity index (χ0) is 14.8. The molecule has 0 saturated carbocycles. The molecule has 20 heavy (non-hydrogen) atoms. The number of rotatable bonds is 3. The topological polar surface area (TPSA) is 19.9 Å². The van der Waals surface area contributed by atoms with Gasteiger partial charge in [-0.3, -0.25) is 5.11 Å². The summed E-state index contributed by atoms with van der Waals surface area (Å²) in [5.74, 6) is 0.555. The molecule has 0 heterocycles. The minimum Gasteiger partial charge on any atom is -0.290 e. The van der Waals surface area contributed by atoms with Crippen LogP contribution in [-0.4, -0.2) is 0 Å². The van der Waals surface area contributed by atoms with Crippen molar-refractivity contribution in [2.24, 2.45) is 0 Å². The van der Waals surface area contributed by atoms with Crippen molar-refractivity contribution in [1.29, 1.82) is 0 Å². The molecule has 0 bridgehead atoms. The van der Waals surface area contributed by atoms with Crippen molar-refractivity contribution in [2.75, 3.05) is 0 Å². The monoisotopic (exact) mass is 297 g/mol. The van der Waals surface area contributed by atoms with Crippen LogP contribution in [0.15, 0.2) is 47.4 Å². The minimum absolute atomic E-state index is 0.0103. The maximum Gasteiger partial charge on any atom is 0.416 e. The third-order valence-electron chi connectivity index (χ3n) is 2.83. The van der Waals surface area contributed by atoms with Gasteiger partial charge in [0.1, 0.15) is 0 Å². The fourth-order valence-corrected chi connectivity index (χ4v) is 2.62. The minimum atomic E-state index is -4.30. The summed E-state index contributed by atoms with van der Waals surface area (Å²) in [6.07, 6.45) is -4.30. The third-order valence-corrected chi connectivity index (χ3v) is 3.90. The van der Waals surface area contributed by atoms with Gasteiger partial charge in [-0.2, -0.15) is 13.2 Å². The molecule has 0 aliphatic carbocycles. The van der Waals surface area contributed by atoms with E-state index in [1.165, 1.54) is 30.0 Å². The van der Waals surface area contributed by atoms with Crippen molar-refractivity contribution >= 4 is 11.8 Å². The zero-order valence-corrected chi connectivity index (χ0v) is 11.5. The Kier molecular flexibility index (Phi) is 4.28. The molecule has 2 aromatic carbocycles. The number of thioether (sulfide) groups is 1. The van der Waals surface area contributed by atoms with E-state index in [1.807, 2.05) is 0 Å². The third kappa shape index (κ3) is 3.70. The van der Waals surface area contributed by atoms with E-state index in [9.17, 15) is 18.3 Å². The number of benzene rings is 2. The Balaban J connectivity index is 2.02. The average Bonchev–Trinajstić information content (AvgIpc) is 2.40. The van der Waals surface area contributed by atoms with Gasteiger partial charge in [-0.25, -0.2) is 0 Å². The Morgan fingerprint density at radius 2 is 1.70 bits per heavy atom. The Morgan fingerprint density at radius 1 is 1.05 bits per heavy atom. The first-order chi connectivity index (χ1) is 9.36. The largest absolute Gasteiger partial charge is 0.416 e.